The molecule has 14 heavy (non-hydrogen) atoms. The van der Waals surface area contributed by atoms with Crippen molar-refractivity contribution in [3.8, 4) is 0 Å². The zero-order valence-corrected chi connectivity index (χ0v) is 9.67. The summed E-state index contributed by atoms with van der Waals surface area (Å²) in [4.78, 5) is 10.3. The van der Waals surface area contributed by atoms with E-state index >= 15 is 0 Å². The lowest BCUT2D eigenvalue weighted by atomic mass is 10.0. The summed E-state index contributed by atoms with van der Waals surface area (Å²) in [6.45, 7) is 2.04. The fraction of sp³-hybridized carbons (Fsp3) is 0.364. The van der Waals surface area contributed by atoms with Crippen LogP contribution in [-0.2, 0) is 11.2 Å². The topological polar surface area (TPSA) is 37.3 Å². The molecule has 2 nitrogen and oxygen atoms in total. The van der Waals surface area contributed by atoms with E-state index in [0.29, 0.717) is 6.42 Å². The van der Waals surface area contributed by atoms with Gasteiger partial charge in [0.05, 0.1) is 0 Å². The van der Waals surface area contributed by atoms with Crippen LogP contribution in [0.15, 0.2) is 22.7 Å². The molecule has 0 saturated carbocycles. The summed E-state index contributed by atoms with van der Waals surface area (Å²) < 4.78 is 1.07. The largest absolute Gasteiger partial charge is 0.481 e. The molecule has 0 unspecified atom stereocenters. The van der Waals surface area contributed by atoms with Crippen LogP contribution in [0.3, 0.4) is 0 Å². The van der Waals surface area contributed by atoms with Gasteiger partial charge in [-0.15, -0.1) is 0 Å². The summed E-state index contributed by atoms with van der Waals surface area (Å²) >= 11 is 3.39. The van der Waals surface area contributed by atoms with Crippen molar-refractivity contribution in [1.29, 1.82) is 0 Å². The van der Waals surface area contributed by atoms with Gasteiger partial charge in [0.1, 0.15) is 0 Å². The van der Waals surface area contributed by atoms with Crippen LogP contribution in [0.5, 0.6) is 0 Å². The molecule has 1 aromatic rings. The van der Waals surface area contributed by atoms with Crippen molar-refractivity contribution in [1.82, 2.24) is 0 Å². The maximum absolute atomic E-state index is 10.3. The Labute approximate surface area is 92.1 Å². The highest BCUT2D eigenvalue weighted by Crippen LogP contribution is 2.17. The van der Waals surface area contributed by atoms with Crippen molar-refractivity contribution in [3.05, 3.63) is 33.8 Å². The average Bonchev–Trinajstić information content (AvgIpc) is 2.08. The first-order valence-electron chi connectivity index (χ1n) is 4.56. The normalized spacial score (nSPS) is 10.1. The van der Waals surface area contributed by atoms with Gasteiger partial charge in [0, 0.05) is 10.9 Å². The van der Waals surface area contributed by atoms with Crippen molar-refractivity contribution in [2.24, 2.45) is 0 Å². The first-order chi connectivity index (χ1) is 6.59. The number of carboxylic acids is 1. The number of benzene rings is 1. The molecule has 0 radical (unpaired) electrons. The predicted molar refractivity (Wildman–Crippen MR) is 59.5 cm³/mol. The number of hydrogen-bond donors (Lipinski definition) is 1. The smallest absolute Gasteiger partial charge is 0.303 e. The Morgan fingerprint density at radius 3 is 2.79 bits per heavy atom. The van der Waals surface area contributed by atoms with E-state index < -0.39 is 5.97 Å². The number of rotatable bonds is 4. The molecule has 0 atom stereocenters. The first-order valence-corrected chi connectivity index (χ1v) is 5.35. The van der Waals surface area contributed by atoms with Crippen molar-refractivity contribution in [2.75, 3.05) is 0 Å². The van der Waals surface area contributed by atoms with E-state index in [4.69, 9.17) is 5.11 Å². The van der Waals surface area contributed by atoms with Gasteiger partial charge < -0.3 is 5.11 Å². The molecule has 0 saturated heterocycles. The zero-order valence-electron chi connectivity index (χ0n) is 8.09. The van der Waals surface area contributed by atoms with Crippen molar-refractivity contribution in [3.63, 3.8) is 0 Å². The molecular weight excluding hydrogens is 244 g/mol. The number of hydrogen-bond acceptors (Lipinski definition) is 1. The molecule has 0 aliphatic carbocycles. The number of halogens is 1. The summed E-state index contributed by atoms with van der Waals surface area (Å²) in [5.41, 5.74) is 2.44. The predicted octanol–water partition coefficient (Wildman–Crippen LogP) is 3.16. The Morgan fingerprint density at radius 1 is 1.50 bits per heavy atom. The monoisotopic (exact) mass is 256 g/mol. The fourth-order valence-corrected chi connectivity index (χ4v) is 1.85. The molecule has 0 heterocycles. The Balaban J connectivity index is 2.55. The maximum atomic E-state index is 10.3. The second kappa shape index (κ2) is 5.15. The molecular formula is C11H13BrO2. The Kier molecular flexibility index (Phi) is 4.14. The van der Waals surface area contributed by atoms with E-state index in [2.05, 4.69) is 22.0 Å². The molecule has 0 fully saturated rings. The van der Waals surface area contributed by atoms with Gasteiger partial charge in [-0.05, 0) is 43.0 Å². The van der Waals surface area contributed by atoms with Gasteiger partial charge in [0.2, 0.25) is 0 Å². The third-order valence-electron chi connectivity index (χ3n) is 2.14. The van der Waals surface area contributed by atoms with Gasteiger partial charge in [-0.25, -0.2) is 0 Å². The van der Waals surface area contributed by atoms with Gasteiger partial charge in [-0.1, -0.05) is 22.0 Å². The highest BCUT2D eigenvalue weighted by Gasteiger charge is 2.01. The minimum absolute atomic E-state index is 0.246. The van der Waals surface area contributed by atoms with E-state index in [1.165, 1.54) is 11.1 Å². The van der Waals surface area contributed by atoms with E-state index in [0.717, 1.165) is 10.9 Å². The minimum Gasteiger partial charge on any atom is -0.481 e. The van der Waals surface area contributed by atoms with Gasteiger partial charge in [0.25, 0.3) is 0 Å². The van der Waals surface area contributed by atoms with Gasteiger partial charge in [0.15, 0.2) is 0 Å². The standard InChI is InChI=1S/C11H13BrO2/c1-8-7-10(12)6-5-9(8)3-2-4-11(13)14/h5-7H,2-4H2,1H3,(H,13,14). The highest BCUT2D eigenvalue weighted by atomic mass is 79.9. The van der Waals surface area contributed by atoms with Crippen molar-refractivity contribution >= 4 is 21.9 Å². The third-order valence-corrected chi connectivity index (χ3v) is 2.63. The lowest BCUT2D eigenvalue weighted by Gasteiger charge is -2.04. The van der Waals surface area contributed by atoms with Crippen LogP contribution >= 0.6 is 15.9 Å². The summed E-state index contributed by atoms with van der Waals surface area (Å²) in [7, 11) is 0. The number of aliphatic carboxylic acids is 1. The van der Waals surface area contributed by atoms with Crippen LogP contribution in [-0.4, -0.2) is 11.1 Å². The molecule has 1 N–H and O–H groups in total. The summed E-state index contributed by atoms with van der Waals surface area (Å²) in [5.74, 6) is -0.722. The number of carboxylic acid groups (broad SMARTS) is 1. The van der Waals surface area contributed by atoms with Crippen LogP contribution in [0.2, 0.25) is 0 Å². The van der Waals surface area contributed by atoms with Gasteiger partial charge in [-0.3, -0.25) is 4.79 Å². The summed E-state index contributed by atoms with van der Waals surface area (Å²) in [5, 5.41) is 8.50. The Hall–Kier alpha value is -0.830. The Bertz CT molecular complexity index is 334. The van der Waals surface area contributed by atoms with Gasteiger partial charge >= 0.3 is 5.97 Å². The highest BCUT2D eigenvalue weighted by molar-refractivity contribution is 9.10. The SMILES string of the molecule is Cc1cc(Br)ccc1CCCC(=O)O. The van der Waals surface area contributed by atoms with Crippen LogP contribution in [0.4, 0.5) is 0 Å². The fourth-order valence-electron chi connectivity index (χ4n) is 1.37. The summed E-state index contributed by atoms with van der Waals surface area (Å²) in [6.07, 6.45) is 1.79. The molecule has 1 aromatic carbocycles. The van der Waals surface area contributed by atoms with E-state index in [-0.39, 0.29) is 6.42 Å². The quantitative estimate of drug-likeness (QED) is 0.899. The molecule has 3 heteroatoms. The number of carbonyl (C=O) groups is 1. The zero-order chi connectivity index (χ0) is 10.6. The Morgan fingerprint density at radius 2 is 2.21 bits per heavy atom. The first kappa shape index (κ1) is 11.2. The molecule has 0 amide bonds. The van der Waals surface area contributed by atoms with Crippen LogP contribution in [0.25, 0.3) is 0 Å². The molecule has 0 bridgehead atoms. The molecule has 0 aromatic heterocycles. The van der Waals surface area contributed by atoms with Crippen LogP contribution < -0.4 is 0 Å². The molecule has 1 rings (SSSR count). The second-order valence-corrected chi connectivity index (χ2v) is 4.23. The van der Waals surface area contributed by atoms with Crippen LogP contribution in [0.1, 0.15) is 24.0 Å². The number of aryl methyl sites for hydroxylation is 2. The second-order valence-electron chi connectivity index (χ2n) is 3.32. The molecule has 0 aliphatic rings. The molecule has 0 spiro atoms. The van der Waals surface area contributed by atoms with Crippen molar-refractivity contribution in [2.45, 2.75) is 26.2 Å². The van der Waals surface area contributed by atoms with Crippen LogP contribution in [0, 0.1) is 6.92 Å². The average molecular weight is 257 g/mol. The van der Waals surface area contributed by atoms with Gasteiger partial charge in [-0.2, -0.15) is 0 Å². The lowest BCUT2D eigenvalue weighted by molar-refractivity contribution is -0.137. The van der Waals surface area contributed by atoms with E-state index in [1.807, 2.05) is 19.1 Å². The van der Waals surface area contributed by atoms with E-state index in [1.54, 1.807) is 0 Å². The summed E-state index contributed by atoms with van der Waals surface area (Å²) in [6, 6.07) is 6.08. The molecule has 76 valence electrons. The minimum atomic E-state index is -0.722. The molecule has 0 aliphatic heterocycles. The lowest BCUT2D eigenvalue weighted by Crippen LogP contribution is -1.97. The van der Waals surface area contributed by atoms with Crippen molar-refractivity contribution < 1.29 is 9.90 Å². The van der Waals surface area contributed by atoms with E-state index in [9.17, 15) is 4.79 Å². The maximum Gasteiger partial charge on any atom is 0.303 e. The third kappa shape index (κ3) is 3.50.